The lowest BCUT2D eigenvalue weighted by molar-refractivity contribution is 0.0636. The summed E-state index contributed by atoms with van der Waals surface area (Å²) in [5.74, 6) is 0.786. The third-order valence-corrected chi connectivity index (χ3v) is 4.05. The van der Waals surface area contributed by atoms with Crippen molar-refractivity contribution >= 4 is 17.7 Å². The van der Waals surface area contributed by atoms with Crippen LogP contribution in [0.5, 0.6) is 0 Å². The first-order chi connectivity index (χ1) is 12.9. The monoisotopic (exact) mass is 376 g/mol. The smallest absolute Gasteiger partial charge is 0.412 e. The van der Waals surface area contributed by atoms with Gasteiger partial charge in [0.1, 0.15) is 5.60 Å². The molecule has 7 nitrogen and oxygen atoms in total. The summed E-state index contributed by atoms with van der Waals surface area (Å²) < 4.78 is 10.8. The second-order valence-electron chi connectivity index (χ2n) is 7.59. The van der Waals surface area contributed by atoms with Crippen molar-refractivity contribution in [3.05, 3.63) is 29.8 Å². The van der Waals surface area contributed by atoms with Crippen LogP contribution in [0.3, 0.4) is 0 Å². The number of benzene rings is 1. The first-order valence-electron chi connectivity index (χ1n) is 9.51. The van der Waals surface area contributed by atoms with E-state index >= 15 is 0 Å². The molecule has 7 heteroatoms. The second kappa shape index (κ2) is 10.2. The van der Waals surface area contributed by atoms with Gasteiger partial charge in [0.2, 0.25) is 0 Å². The highest BCUT2D eigenvalue weighted by atomic mass is 16.6. The third-order valence-electron chi connectivity index (χ3n) is 4.05. The maximum absolute atomic E-state index is 11.8. The average molecular weight is 377 g/mol. The van der Waals surface area contributed by atoms with Crippen LogP contribution in [0.4, 0.5) is 10.5 Å². The van der Waals surface area contributed by atoms with Crippen LogP contribution >= 0.6 is 0 Å². The summed E-state index contributed by atoms with van der Waals surface area (Å²) >= 11 is 0. The van der Waals surface area contributed by atoms with E-state index in [-0.39, 0.29) is 6.10 Å². The average Bonchev–Trinajstić information content (AvgIpc) is 3.11. The number of nitrogens with one attached hydrogen (secondary N) is 3. The summed E-state index contributed by atoms with van der Waals surface area (Å²) in [5, 5.41) is 9.34. The molecule has 1 aromatic rings. The van der Waals surface area contributed by atoms with E-state index in [0.717, 1.165) is 50.6 Å². The Balaban J connectivity index is 1.70. The molecule has 2 rings (SSSR count). The molecule has 3 N–H and O–H groups in total. The van der Waals surface area contributed by atoms with Gasteiger partial charge in [-0.2, -0.15) is 0 Å². The van der Waals surface area contributed by atoms with Crippen molar-refractivity contribution in [1.82, 2.24) is 10.6 Å². The molecule has 0 radical (unpaired) electrons. The highest BCUT2D eigenvalue weighted by Crippen LogP contribution is 2.13. The van der Waals surface area contributed by atoms with Crippen LogP contribution in [0.1, 0.15) is 39.2 Å². The zero-order valence-electron chi connectivity index (χ0n) is 16.8. The van der Waals surface area contributed by atoms with Crippen molar-refractivity contribution in [3.63, 3.8) is 0 Å². The molecule has 1 saturated heterocycles. The van der Waals surface area contributed by atoms with Gasteiger partial charge in [0.25, 0.3) is 0 Å². The lowest BCUT2D eigenvalue weighted by Gasteiger charge is -2.19. The van der Waals surface area contributed by atoms with Crippen LogP contribution in [0.25, 0.3) is 0 Å². The molecule has 1 heterocycles. The Morgan fingerprint density at radius 2 is 2.00 bits per heavy atom. The normalized spacial score (nSPS) is 17.5. The molecule has 1 unspecified atom stereocenters. The molecular formula is C20H32N4O3. The minimum absolute atomic E-state index is 0.286. The Morgan fingerprint density at radius 3 is 2.59 bits per heavy atom. The number of ether oxygens (including phenoxy) is 2. The Labute approximate surface area is 161 Å². The standard InChI is InChI=1S/C20H32N4O3/c1-20(2,3)27-19(25)24-16-9-7-15(8-10-16)11-12-22-18(21-4)23-14-17-6-5-13-26-17/h7-10,17H,5-6,11-14H2,1-4H3,(H,24,25)(H2,21,22,23). The van der Waals surface area contributed by atoms with E-state index in [1.807, 2.05) is 45.0 Å². The molecule has 1 aliphatic rings. The van der Waals surface area contributed by atoms with E-state index in [2.05, 4.69) is 20.9 Å². The van der Waals surface area contributed by atoms with Crippen LogP contribution in [0, 0.1) is 0 Å². The van der Waals surface area contributed by atoms with E-state index < -0.39 is 11.7 Å². The molecule has 1 fully saturated rings. The molecular weight excluding hydrogens is 344 g/mol. The van der Waals surface area contributed by atoms with Gasteiger partial charge in [0.05, 0.1) is 6.10 Å². The highest BCUT2D eigenvalue weighted by molar-refractivity contribution is 5.84. The summed E-state index contributed by atoms with van der Waals surface area (Å²) in [4.78, 5) is 16.0. The van der Waals surface area contributed by atoms with Gasteiger partial charge in [0, 0.05) is 32.4 Å². The van der Waals surface area contributed by atoms with Crippen LogP contribution < -0.4 is 16.0 Å². The predicted octanol–water partition coefficient (Wildman–Crippen LogP) is 2.92. The van der Waals surface area contributed by atoms with Gasteiger partial charge in [0.15, 0.2) is 5.96 Å². The largest absolute Gasteiger partial charge is 0.444 e. The third kappa shape index (κ3) is 8.30. The molecule has 1 aromatic carbocycles. The number of carbonyl (C=O) groups excluding carboxylic acids is 1. The summed E-state index contributed by atoms with van der Waals surface area (Å²) in [7, 11) is 1.77. The van der Waals surface area contributed by atoms with Gasteiger partial charge in [-0.15, -0.1) is 0 Å². The summed E-state index contributed by atoms with van der Waals surface area (Å²) in [5.41, 5.74) is 1.38. The quantitative estimate of drug-likeness (QED) is 0.525. The fourth-order valence-electron chi connectivity index (χ4n) is 2.74. The first-order valence-corrected chi connectivity index (χ1v) is 9.51. The number of carbonyl (C=O) groups is 1. The molecule has 27 heavy (non-hydrogen) atoms. The maximum atomic E-state index is 11.8. The van der Waals surface area contributed by atoms with Gasteiger partial charge in [-0.1, -0.05) is 12.1 Å². The first kappa shape index (κ1) is 21.0. The minimum Gasteiger partial charge on any atom is -0.444 e. The molecule has 0 saturated carbocycles. The van der Waals surface area contributed by atoms with E-state index in [0.29, 0.717) is 0 Å². The van der Waals surface area contributed by atoms with E-state index in [1.165, 1.54) is 5.56 Å². The van der Waals surface area contributed by atoms with Crippen LogP contribution in [-0.2, 0) is 15.9 Å². The van der Waals surface area contributed by atoms with Crippen molar-refractivity contribution in [3.8, 4) is 0 Å². The highest BCUT2D eigenvalue weighted by Gasteiger charge is 2.16. The lowest BCUT2D eigenvalue weighted by atomic mass is 10.1. The van der Waals surface area contributed by atoms with Crippen LogP contribution in [0.2, 0.25) is 0 Å². The Kier molecular flexibility index (Phi) is 7.91. The molecule has 0 aromatic heterocycles. The predicted molar refractivity (Wildman–Crippen MR) is 108 cm³/mol. The molecule has 150 valence electrons. The zero-order valence-corrected chi connectivity index (χ0v) is 16.8. The van der Waals surface area contributed by atoms with E-state index in [4.69, 9.17) is 9.47 Å². The number of hydrogen-bond acceptors (Lipinski definition) is 4. The van der Waals surface area contributed by atoms with Crippen molar-refractivity contribution in [1.29, 1.82) is 0 Å². The Morgan fingerprint density at radius 1 is 1.26 bits per heavy atom. The number of hydrogen-bond donors (Lipinski definition) is 3. The molecule has 0 bridgehead atoms. The minimum atomic E-state index is -0.508. The van der Waals surface area contributed by atoms with Crippen LogP contribution in [-0.4, -0.2) is 50.5 Å². The Hall–Kier alpha value is -2.28. The van der Waals surface area contributed by atoms with Gasteiger partial charge in [-0.05, 0) is 57.7 Å². The fourth-order valence-corrected chi connectivity index (χ4v) is 2.74. The summed E-state index contributed by atoms with van der Waals surface area (Å²) in [6, 6.07) is 7.75. The SMILES string of the molecule is CN=C(NCCc1ccc(NC(=O)OC(C)(C)C)cc1)NCC1CCCO1. The van der Waals surface area contributed by atoms with Gasteiger partial charge < -0.3 is 20.1 Å². The number of rotatable bonds is 6. The lowest BCUT2D eigenvalue weighted by Crippen LogP contribution is -2.41. The number of anilines is 1. The fraction of sp³-hybridized carbons (Fsp3) is 0.600. The van der Waals surface area contributed by atoms with E-state index in [1.54, 1.807) is 7.05 Å². The molecule has 0 spiro atoms. The molecule has 1 atom stereocenters. The number of guanidine groups is 1. The molecule has 1 aliphatic heterocycles. The van der Waals surface area contributed by atoms with E-state index in [9.17, 15) is 4.79 Å². The number of nitrogens with zero attached hydrogens (tertiary/aromatic N) is 1. The summed E-state index contributed by atoms with van der Waals surface area (Å²) in [6.07, 6.45) is 2.93. The van der Waals surface area contributed by atoms with Crippen molar-refractivity contribution in [2.75, 3.05) is 32.1 Å². The van der Waals surface area contributed by atoms with Gasteiger partial charge in [-0.3, -0.25) is 10.3 Å². The second-order valence-corrected chi connectivity index (χ2v) is 7.59. The van der Waals surface area contributed by atoms with Gasteiger partial charge in [-0.25, -0.2) is 4.79 Å². The number of amides is 1. The van der Waals surface area contributed by atoms with Crippen molar-refractivity contribution in [2.45, 2.75) is 51.7 Å². The summed E-state index contributed by atoms with van der Waals surface area (Å²) in [6.45, 7) is 7.93. The zero-order chi connectivity index (χ0) is 19.7. The van der Waals surface area contributed by atoms with Crippen LogP contribution in [0.15, 0.2) is 29.3 Å². The topological polar surface area (TPSA) is 84.0 Å². The van der Waals surface area contributed by atoms with Crippen molar-refractivity contribution in [2.24, 2.45) is 4.99 Å². The van der Waals surface area contributed by atoms with Crippen molar-refractivity contribution < 1.29 is 14.3 Å². The molecule has 0 aliphatic carbocycles. The Bertz CT molecular complexity index is 617. The molecule has 1 amide bonds. The maximum Gasteiger partial charge on any atom is 0.412 e. The van der Waals surface area contributed by atoms with Gasteiger partial charge >= 0.3 is 6.09 Å². The number of aliphatic imine (C=N–C) groups is 1.